The van der Waals surface area contributed by atoms with Crippen LogP contribution < -0.4 is 9.47 Å². The zero-order valence-corrected chi connectivity index (χ0v) is 17.7. The first-order valence-electron chi connectivity index (χ1n) is 9.79. The van der Waals surface area contributed by atoms with Crippen LogP contribution in [0.25, 0.3) is 0 Å². The summed E-state index contributed by atoms with van der Waals surface area (Å²) < 4.78 is 11.7. The molecule has 0 saturated carbocycles. The predicted octanol–water partition coefficient (Wildman–Crippen LogP) is 7.51. The Morgan fingerprint density at radius 1 is 0.793 bits per heavy atom. The summed E-state index contributed by atoms with van der Waals surface area (Å²) in [6, 6.07) is 16.3. The lowest BCUT2D eigenvalue weighted by atomic mass is 9.78. The van der Waals surface area contributed by atoms with Crippen molar-refractivity contribution >= 4 is 0 Å². The molecule has 0 amide bonds. The number of allylic oxidation sites excluding steroid dienone is 5. The zero-order valence-electron chi connectivity index (χ0n) is 17.7. The zero-order chi connectivity index (χ0) is 21.3. The highest BCUT2D eigenvalue weighted by Crippen LogP contribution is 2.33. The van der Waals surface area contributed by atoms with Gasteiger partial charge in [0.15, 0.2) is 0 Å². The number of benzene rings is 2. The van der Waals surface area contributed by atoms with Gasteiger partial charge < -0.3 is 9.47 Å². The van der Waals surface area contributed by atoms with Gasteiger partial charge in [-0.3, -0.25) is 0 Å². The average Bonchev–Trinajstić information content (AvgIpc) is 2.74. The quantitative estimate of drug-likeness (QED) is 0.311. The Labute approximate surface area is 175 Å². The van der Waals surface area contributed by atoms with E-state index < -0.39 is 0 Å². The average molecular weight is 387 g/mol. The first-order chi connectivity index (χ1) is 13.9. The largest absolute Gasteiger partial charge is 0.458 e. The van der Waals surface area contributed by atoms with E-state index in [9.17, 15) is 0 Å². The van der Waals surface area contributed by atoms with Crippen LogP contribution >= 0.6 is 0 Å². The van der Waals surface area contributed by atoms with E-state index in [1.807, 2.05) is 30.3 Å². The minimum Gasteiger partial charge on any atom is -0.458 e. The van der Waals surface area contributed by atoms with Crippen LogP contribution in [0.3, 0.4) is 0 Å². The molecule has 2 rings (SSSR count). The molecule has 29 heavy (non-hydrogen) atoms. The monoisotopic (exact) mass is 386 g/mol. The van der Waals surface area contributed by atoms with Crippen LogP contribution in [0.5, 0.6) is 11.5 Å². The third-order valence-electron chi connectivity index (χ3n) is 4.71. The van der Waals surface area contributed by atoms with Gasteiger partial charge in [0.1, 0.15) is 23.0 Å². The SMILES string of the molecule is C=C/C=C(\C=C)Oc1ccc(C(C)(C)c2ccc(O/C(C=C)=C/CC)cc2)cc1. The Balaban J connectivity index is 2.18. The van der Waals surface area contributed by atoms with Crippen molar-refractivity contribution in [2.75, 3.05) is 0 Å². The number of hydrogen-bond donors (Lipinski definition) is 0. The molecule has 0 spiro atoms. The number of hydrogen-bond acceptors (Lipinski definition) is 2. The van der Waals surface area contributed by atoms with E-state index >= 15 is 0 Å². The molecule has 0 saturated heterocycles. The summed E-state index contributed by atoms with van der Waals surface area (Å²) in [6.45, 7) is 17.7. The van der Waals surface area contributed by atoms with Crippen LogP contribution in [0.2, 0.25) is 0 Å². The second-order valence-electron chi connectivity index (χ2n) is 7.11. The van der Waals surface area contributed by atoms with Crippen molar-refractivity contribution in [3.8, 4) is 11.5 Å². The molecule has 0 fully saturated rings. The molecule has 0 aliphatic rings. The van der Waals surface area contributed by atoms with Crippen molar-refractivity contribution in [3.05, 3.63) is 121 Å². The Kier molecular flexibility index (Phi) is 7.85. The molecule has 2 heteroatoms. The Bertz CT molecular complexity index is 895. The second-order valence-corrected chi connectivity index (χ2v) is 7.11. The standard InChI is InChI=1S/C27H30O2/c1-7-11-23(9-3)28-25-17-13-21(14-18-25)27(5,6)22-15-19-26(20-16-22)29-24(10-4)12-8-2/h7,9-20H,1,3-4,8H2,2,5-6H3/b23-11+,24-12+. The molecular weight excluding hydrogens is 356 g/mol. The molecule has 2 aromatic carbocycles. The van der Waals surface area contributed by atoms with E-state index in [-0.39, 0.29) is 5.41 Å². The van der Waals surface area contributed by atoms with E-state index in [1.54, 1.807) is 24.3 Å². The van der Waals surface area contributed by atoms with E-state index in [0.717, 1.165) is 23.7 Å². The number of rotatable bonds is 10. The molecule has 150 valence electrons. The summed E-state index contributed by atoms with van der Waals surface area (Å²) in [6.07, 6.45) is 9.77. The molecule has 0 aliphatic heterocycles. The molecule has 0 aliphatic carbocycles. The molecule has 0 bridgehead atoms. The highest BCUT2D eigenvalue weighted by Gasteiger charge is 2.23. The van der Waals surface area contributed by atoms with Crippen LogP contribution in [0, 0.1) is 0 Å². The van der Waals surface area contributed by atoms with Crippen molar-refractivity contribution in [2.24, 2.45) is 0 Å². The van der Waals surface area contributed by atoms with Crippen molar-refractivity contribution in [3.63, 3.8) is 0 Å². The van der Waals surface area contributed by atoms with Gasteiger partial charge in [0, 0.05) is 5.41 Å². The van der Waals surface area contributed by atoms with Crippen LogP contribution in [-0.4, -0.2) is 0 Å². The third kappa shape index (κ3) is 5.86. The first-order valence-corrected chi connectivity index (χ1v) is 9.79. The summed E-state index contributed by atoms with van der Waals surface area (Å²) in [7, 11) is 0. The van der Waals surface area contributed by atoms with Gasteiger partial charge in [-0.2, -0.15) is 0 Å². The maximum atomic E-state index is 5.87. The van der Waals surface area contributed by atoms with Crippen LogP contribution in [-0.2, 0) is 5.41 Å². The molecule has 0 atom stereocenters. The topological polar surface area (TPSA) is 18.5 Å². The molecule has 0 heterocycles. The smallest absolute Gasteiger partial charge is 0.127 e. The minimum absolute atomic E-state index is 0.157. The number of ether oxygens (including phenoxy) is 2. The van der Waals surface area contributed by atoms with Crippen LogP contribution in [0.4, 0.5) is 0 Å². The van der Waals surface area contributed by atoms with E-state index in [0.29, 0.717) is 5.76 Å². The summed E-state index contributed by atoms with van der Waals surface area (Å²) in [5.74, 6) is 3.01. The van der Waals surface area contributed by atoms with E-state index in [4.69, 9.17) is 9.47 Å². The van der Waals surface area contributed by atoms with Gasteiger partial charge >= 0.3 is 0 Å². The van der Waals surface area contributed by atoms with Gasteiger partial charge in [-0.25, -0.2) is 0 Å². The second kappa shape index (κ2) is 10.3. The van der Waals surface area contributed by atoms with Gasteiger partial charge in [-0.15, -0.1) is 0 Å². The van der Waals surface area contributed by atoms with Crippen LogP contribution in [0.15, 0.2) is 110 Å². The fraction of sp³-hybridized carbons (Fsp3) is 0.185. The Morgan fingerprint density at radius 3 is 1.62 bits per heavy atom. The summed E-state index contributed by atoms with van der Waals surface area (Å²) in [4.78, 5) is 0. The minimum atomic E-state index is -0.157. The lowest BCUT2D eigenvalue weighted by Crippen LogP contribution is -2.18. The molecular formula is C27H30O2. The van der Waals surface area contributed by atoms with Crippen molar-refractivity contribution in [2.45, 2.75) is 32.6 Å². The maximum Gasteiger partial charge on any atom is 0.127 e. The van der Waals surface area contributed by atoms with Gasteiger partial charge in [-0.05, 0) is 66.1 Å². The summed E-state index contributed by atoms with van der Waals surface area (Å²) in [5.41, 5.74) is 2.25. The fourth-order valence-corrected chi connectivity index (χ4v) is 2.95. The van der Waals surface area contributed by atoms with Gasteiger partial charge in [-0.1, -0.05) is 70.8 Å². The fourth-order valence-electron chi connectivity index (χ4n) is 2.95. The van der Waals surface area contributed by atoms with E-state index in [2.05, 4.69) is 64.8 Å². The van der Waals surface area contributed by atoms with Gasteiger partial charge in [0.2, 0.25) is 0 Å². The Hall–Kier alpha value is -3.26. The first kappa shape index (κ1) is 22.0. The highest BCUT2D eigenvalue weighted by atomic mass is 16.5. The lowest BCUT2D eigenvalue weighted by Gasteiger charge is -2.26. The molecule has 0 unspecified atom stereocenters. The molecule has 2 nitrogen and oxygen atoms in total. The molecule has 0 N–H and O–H groups in total. The predicted molar refractivity (Wildman–Crippen MR) is 123 cm³/mol. The molecule has 2 aromatic rings. The van der Waals surface area contributed by atoms with Crippen molar-refractivity contribution in [1.29, 1.82) is 0 Å². The molecule has 0 radical (unpaired) electrons. The maximum absolute atomic E-state index is 5.87. The van der Waals surface area contributed by atoms with Crippen molar-refractivity contribution in [1.82, 2.24) is 0 Å². The highest BCUT2D eigenvalue weighted by molar-refractivity contribution is 5.42. The summed E-state index contributed by atoms with van der Waals surface area (Å²) in [5, 5.41) is 0. The van der Waals surface area contributed by atoms with Gasteiger partial charge in [0.05, 0.1) is 0 Å². The van der Waals surface area contributed by atoms with Crippen molar-refractivity contribution < 1.29 is 9.47 Å². The van der Waals surface area contributed by atoms with Gasteiger partial charge in [0.25, 0.3) is 0 Å². The normalized spacial score (nSPS) is 12.2. The lowest BCUT2D eigenvalue weighted by molar-refractivity contribution is 0.441. The van der Waals surface area contributed by atoms with Crippen LogP contribution in [0.1, 0.15) is 38.3 Å². The third-order valence-corrected chi connectivity index (χ3v) is 4.71. The Morgan fingerprint density at radius 2 is 1.24 bits per heavy atom. The van der Waals surface area contributed by atoms with E-state index in [1.165, 1.54) is 11.1 Å². The summed E-state index contributed by atoms with van der Waals surface area (Å²) >= 11 is 0. The molecule has 0 aromatic heterocycles.